The molecule has 2 nitrogen and oxygen atoms in total. The molecule has 1 aromatic rings. The summed E-state index contributed by atoms with van der Waals surface area (Å²) in [6, 6.07) is 7.88. The van der Waals surface area contributed by atoms with E-state index >= 15 is 0 Å². The molecule has 1 amide bonds. The average molecular weight is 198 g/mol. The lowest BCUT2D eigenvalue weighted by molar-refractivity contribution is -0.116. The highest BCUT2D eigenvalue weighted by Crippen LogP contribution is 2.15. The number of rotatable bonds is 2. The number of hydrogen-bond donors (Lipinski definition) is 0. The number of benzene rings is 1. The van der Waals surface area contributed by atoms with Gasteiger partial charge in [-0.25, -0.2) is 0 Å². The molecule has 0 saturated carbocycles. The number of carbonyl (C=O) groups excluding carboxylic acids is 1. The summed E-state index contributed by atoms with van der Waals surface area (Å²) in [7, 11) is 0. The van der Waals surface area contributed by atoms with Crippen molar-refractivity contribution in [1.29, 1.82) is 0 Å². The first-order valence-electron chi connectivity index (χ1n) is 4.06. The summed E-state index contributed by atoms with van der Waals surface area (Å²) in [4.78, 5) is 12.6. The minimum absolute atomic E-state index is 0.0427. The zero-order valence-corrected chi connectivity index (χ0v) is 8.51. The summed E-state index contributed by atoms with van der Waals surface area (Å²) < 4.78 is 0. The van der Waals surface area contributed by atoms with Crippen LogP contribution in [0.3, 0.4) is 0 Å². The van der Waals surface area contributed by atoms with E-state index in [0.717, 1.165) is 5.69 Å². The second kappa shape index (κ2) is 4.28. The van der Waals surface area contributed by atoms with Crippen molar-refractivity contribution in [3.63, 3.8) is 0 Å². The van der Waals surface area contributed by atoms with Crippen molar-refractivity contribution < 1.29 is 4.79 Å². The Labute approximate surface area is 83.1 Å². The number of halogens is 1. The number of amides is 1. The van der Waals surface area contributed by atoms with Gasteiger partial charge in [-0.1, -0.05) is 17.7 Å². The Balaban J connectivity index is 2.92. The maximum atomic E-state index is 11.1. The van der Waals surface area contributed by atoms with E-state index in [2.05, 4.69) is 0 Å². The quantitative estimate of drug-likeness (QED) is 0.527. The molecule has 0 aliphatic heterocycles. The molecule has 0 saturated heterocycles. The third-order valence-electron chi connectivity index (χ3n) is 1.85. The molecule has 0 radical (unpaired) electrons. The van der Waals surface area contributed by atoms with Gasteiger partial charge in [0.1, 0.15) is 6.00 Å². The van der Waals surface area contributed by atoms with Crippen molar-refractivity contribution in [3.05, 3.63) is 29.8 Å². The minimum atomic E-state index is -0.0427. The monoisotopic (exact) mass is 197 g/mol. The van der Waals surface area contributed by atoms with Gasteiger partial charge in [-0.05, 0) is 19.1 Å². The summed E-state index contributed by atoms with van der Waals surface area (Å²) in [6.07, 6.45) is 0. The largest absolute Gasteiger partial charge is 0.298 e. The highest BCUT2D eigenvalue weighted by Gasteiger charge is 2.08. The van der Waals surface area contributed by atoms with E-state index in [9.17, 15) is 4.79 Å². The van der Waals surface area contributed by atoms with Crippen LogP contribution in [0.5, 0.6) is 0 Å². The molecule has 0 aliphatic rings. The fourth-order valence-electron chi connectivity index (χ4n) is 1.06. The summed E-state index contributed by atoms with van der Waals surface area (Å²) >= 11 is 5.64. The molecule has 0 fully saturated rings. The fourth-order valence-corrected chi connectivity index (χ4v) is 1.37. The highest BCUT2D eigenvalue weighted by molar-refractivity contribution is 6.21. The van der Waals surface area contributed by atoms with Gasteiger partial charge in [-0.2, -0.15) is 0 Å². The molecule has 1 aromatic carbocycles. The van der Waals surface area contributed by atoms with Crippen LogP contribution in [0, 0.1) is 6.92 Å². The first-order valence-corrected chi connectivity index (χ1v) is 4.59. The van der Waals surface area contributed by atoms with Crippen LogP contribution in [0.25, 0.3) is 0 Å². The smallest absolute Gasteiger partial charge is 0.224 e. The molecule has 0 aromatic heterocycles. The number of anilines is 1. The molecule has 0 bridgehead atoms. The lowest BCUT2D eigenvalue weighted by Crippen LogP contribution is -2.26. The molecular formula is C10H12ClNO. The molecule has 0 N–H and O–H groups in total. The Hall–Kier alpha value is -1.02. The third kappa shape index (κ3) is 2.46. The Morgan fingerprint density at radius 2 is 1.92 bits per heavy atom. The van der Waals surface area contributed by atoms with Crippen LogP contribution in [0.1, 0.15) is 12.5 Å². The zero-order valence-electron chi connectivity index (χ0n) is 7.75. The van der Waals surface area contributed by atoms with Gasteiger partial charge in [0.2, 0.25) is 5.91 Å². The van der Waals surface area contributed by atoms with Gasteiger partial charge < -0.3 is 0 Å². The van der Waals surface area contributed by atoms with Gasteiger partial charge in [0.15, 0.2) is 0 Å². The van der Waals surface area contributed by atoms with E-state index in [0.29, 0.717) is 0 Å². The van der Waals surface area contributed by atoms with Gasteiger partial charge in [0, 0.05) is 12.6 Å². The molecule has 3 heteroatoms. The van der Waals surface area contributed by atoms with Crippen LogP contribution in [0.4, 0.5) is 5.69 Å². The van der Waals surface area contributed by atoms with Crippen LogP contribution in [0.2, 0.25) is 0 Å². The molecule has 0 atom stereocenters. The topological polar surface area (TPSA) is 20.3 Å². The van der Waals surface area contributed by atoms with Crippen molar-refractivity contribution in [3.8, 4) is 0 Å². The Morgan fingerprint density at radius 1 is 1.38 bits per heavy atom. The molecule has 0 heterocycles. The summed E-state index contributed by atoms with van der Waals surface area (Å²) in [5, 5.41) is 0. The average Bonchev–Trinajstić information content (AvgIpc) is 2.09. The lowest BCUT2D eigenvalue weighted by Gasteiger charge is -2.17. The maximum Gasteiger partial charge on any atom is 0.224 e. The van der Waals surface area contributed by atoms with Crippen LogP contribution in [-0.2, 0) is 4.79 Å². The van der Waals surface area contributed by atoms with Gasteiger partial charge in [0.05, 0.1) is 0 Å². The van der Waals surface area contributed by atoms with Crippen molar-refractivity contribution in [2.75, 3.05) is 10.9 Å². The van der Waals surface area contributed by atoms with Crippen molar-refractivity contribution in [2.24, 2.45) is 0 Å². The first kappa shape index (κ1) is 10.1. The van der Waals surface area contributed by atoms with Crippen LogP contribution in [-0.4, -0.2) is 11.9 Å². The molecule has 0 unspecified atom stereocenters. The Bertz CT molecular complexity index is 294. The molecule has 70 valence electrons. The van der Waals surface area contributed by atoms with Crippen molar-refractivity contribution in [2.45, 2.75) is 13.8 Å². The van der Waals surface area contributed by atoms with E-state index in [-0.39, 0.29) is 11.9 Å². The minimum Gasteiger partial charge on any atom is -0.298 e. The number of aryl methyl sites for hydroxylation is 1. The van der Waals surface area contributed by atoms with E-state index in [1.165, 1.54) is 17.4 Å². The predicted octanol–water partition coefficient (Wildman–Crippen LogP) is 2.54. The van der Waals surface area contributed by atoms with E-state index in [1.807, 2.05) is 31.2 Å². The van der Waals surface area contributed by atoms with E-state index < -0.39 is 0 Å². The Kier molecular flexibility index (Phi) is 3.32. The standard InChI is InChI=1S/C10H12ClNO/c1-8-3-5-10(6-4-8)12(7-11)9(2)13/h3-6H,7H2,1-2H3. The van der Waals surface area contributed by atoms with Gasteiger partial charge in [0.25, 0.3) is 0 Å². The van der Waals surface area contributed by atoms with Crippen molar-refractivity contribution in [1.82, 2.24) is 0 Å². The zero-order chi connectivity index (χ0) is 9.84. The lowest BCUT2D eigenvalue weighted by atomic mass is 10.2. The van der Waals surface area contributed by atoms with Crippen LogP contribution in [0.15, 0.2) is 24.3 Å². The second-order valence-electron chi connectivity index (χ2n) is 2.90. The molecule has 0 aliphatic carbocycles. The highest BCUT2D eigenvalue weighted by atomic mass is 35.5. The summed E-state index contributed by atoms with van der Waals surface area (Å²) in [5.74, 6) is -0.0427. The van der Waals surface area contributed by atoms with E-state index in [1.54, 1.807) is 0 Å². The van der Waals surface area contributed by atoms with Gasteiger partial charge in [-0.3, -0.25) is 9.69 Å². The van der Waals surface area contributed by atoms with Gasteiger partial charge in [-0.15, -0.1) is 11.6 Å². The SMILES string of the molecule is CC(=O)N(CCl)c1ccc(C)cc1. The molecular weight excluding hydrogens is 186 g/mol. The maximum absolute atomic E-state index is 11.1. The normalized spacial score (nSPS) is 9.77. The second-order valence-corrected chi connectivity index (χ2v) is 3.14. The number of hydrogen-bond acceptors (Lipinski definition) is 1. The summed E-state index contributed by atoms with van der Waals surface area (Å²) in [5.41, 5.74) is 2.01. The summed E-state index contributed by atoms with van der Waals surface area (Å²) in [6.45, 7) is 3.50. The number of carbonyl (C=O) groups is 1. The number of nitrogens with zero attached hydrogens (tertiary/aromatic N) is 1. The Morgan fingerprint density at radius 3 is 2.31 bits per heavy atom. The molecule has 13 heavy (non-hydrogen) atoms. The molecule has 1 rings (SSSR count). The predicted molar refractivity (Wildman–Crippen MR) is 55.1 cm³/mol. The van der Waals surface area contributed by atoms with Gasteiger partial charge >= 0.3 is 0 Å². The molecule has 0 spiro atoms. The van der Waals surface area contributed by atoms with E-state index in [4.69, 9.17) is 11.6 Å². The first-order chi connectivity index (χ1) is 6.15. The van der Waals surface area contributed by atoms with Crippen LogP contribution >= 0.6 is 11.6 Å². The fraction of sp³-hybridized carbons (Fsp3) is 0.300. The van der Waals surface area contributed by atoms with Crippen LogP contribution < -0.4 is 4.90 Å². The van der Waals surface area contributed by atoms with Crippen molar-refractivity contribution >= 4 is 23.2 Å². The number of alkyl halides is 1. The third-order valence-corrected chi connectivity index (χ3v) is 2.08.